The highest BCUT2D eigenvalue weighted by atomic mass is 14.8. The zero-order chi connectivity index (χ0) is 31.9. The first-order valence-corrected chi connectivity index (χ1v) is 16.1. The molecule has 226 valence electrons. The van der Waals surface area contributed by atoms with Gasteiger partial charge in [-0.1, -0.05) is 127 Å². The number of hydrogen-bond donors (Lipinski definition) is 1. The number of H-pyrrole nitrogens is 1. The predicted octanol–water partition coefficient (Wildman–Crippen LogP) is 7.62. The third kappa shape index (κ3) is 4.88. The third-order valence-electron chi connectivity index (χ3n) is 8.96. The average Bonchev–Trinajstić information content (AvgIpc) is 3.98. The second kappa shape index (κ2) is 11.7. The molecule has 0 aliphatic carbocycles. The minimum atomic E-state index is 0.869. The summed E-state index contributed by atoms with van der Waals surface area (Å²) in [5.74, 6) is 0. The molecule has 0 amide bonds. The number of benzene rings is 4. The SMILES string of the molecule is C1=CC2=C(c3ccccc3)c3c[n-]c(c3)C(c3ccccc3)=C3C=CC(=N3)C(c3ccccc3)=c3ccc([nH]3)=C(c3ccccc3)C1=N2. The van der Waals surface area contributed by atoms with Gasteiger partial charge in [-0.25, -0.2) is 9.98 Å². The van der Waals surface area contributed by atoms with E-state index in [2.05, 4.69) is 145 Å². The summed E-state index contributed by atoms with van der Waals surface area (Å²) in [6.45, 7) is 0. The van der Waals surface area contributed by atoms with E-state index in [0.717, 1.165) is 89.3 Å². The van der Waals surface area contributed by atoms with Crippen molar-refractivity contribution in [3.63, 3.8) is 0 Å². The fraction of sp³-hybridized carbons (Fsp3) is 0. The van der Waals surface area contributed by atoms with Crippen molar-refractivity contribution >= 4 is 33.7 Å². The highest BCUT2D eigenvalue weighted by molar-refractivity contribution is 6.31. The molecule has 0 saturated heterocycles. The van der Waals surface area contributed by atoms with Gasteiger partial charge in [0.2, 0.25) is 0 Å². The van der Waals surface area contributed by atoms with E-state index in [1.54, 1.807) is 0 Å². The molecule has 0 fully saturated rings. The van der Waals surface area contributed by atoms with E-state index in [4.69, 9.17) is 15.0 Å². The van der Waals surface area contributed by atoms with Crippen molar-refractivity contribution < 1.29 is 0 Å². The monoisotopic (exact) mass is 613 g/mol. The molecule has 3 aliphatic rings. The Morgan fingerprint density at radius 3 is 1.29 bits per heavy atom. The van der Waals surface area contributed by atoms with Crippen LogP contribution in [-0.4, -0.2) is 16.4 Å². The van der Waals surface area contributed by atoms with Crippen LogP contribution in [0.5, 0.6) is 0 Å². The van der Waals surface area contributed by atoms with Crippen LogP contribution in [0.25, 0.3) is 22.3 Å². The zero-order valence-electron chi connectivity index (χ0n) is 26.0. The standard InChI is InChI=1S/C44H29N4/c1-5-13-29(14-6-1)41-33-27-40(45-28-33)44(32-19-11-4-12-20-32)39-26-25-38(48-39)43(31-17-9-3-10-18-31)37-24-23-36(47-37)42(30-15-7-2-8-16-30)35-22-21-34(41)46-35/h1-28,47H/q-1. The van der Waals surface area contributed by atoms with Gasteiger partial charge >= 0.3 is 0 Å². The zero-order valence-corrected chi connectivity index (χ0v) is 26.0. The van der Waals surface area contributed by atoms with Crippen LogP contribution in [0.1, 0.15) is 33.5 Å². The van der Waals surface area contributed by atoms with Crippen LogP contribution in [0.2, 0.25) is 0 Å². The number of rotatable bonds is 4. The van der Waals surface area contributed by atoms with Crippen molar-refractivity contribution in [2.45, 2.75) is 0 Å². The van der Waals surface area contributed by atoms with E-state index in [1.807, 2.05) is 30.5 Å². The summed E-state index contributed by atoms with van der Waals surface area (Å²) in [5, 5.41) is 1.97. The molecule has 2 aromatic heterocycles. The van der Waals surface area contributed by atoms with Crippen molar-refractivity contribution in [1.82, 2.24) is 9.97 Å². The molecule has 0 atom stereocenters. The molecule has 9 rings (SSSR count). The molecule has 5 heterocycles. The summed E-state index contributed by atoms with van der Waals surface area (Å²) in [4.78, 5) is 19.5. The van der Waals surface area contributed by atoms with Gasteiger partial charge in [-0.15, -0.1) is 5.69 Å². The first-order chi connectivity index (χ1) is 23.8. The smallest absolute Gasteiger partial charge is 0.0737 e. The molecule has 48 heavy (non-hydrogen) atoms. The Morgan fingerprint density at radius 1 is 0.396 bits per heavy atom. The van der Waals surface area contributed by atoms with E-state index in [0.29, 0.717) is 0 Å². The van der Waals surface area contributed by atoms with Crippen molar-refractivity contribution in [3.05, 3.63) is 226 Å². The van der Waals surface area contributed by atoms with Crippen LogP contribution in [-0.2, 0) is 0 Å². The maximum atomic E-state index is 5.34. The molecular weight excluding hydrogens is 585 g/mol. The molecule has 4 nitrogen and oxygen atoms in total. The summed E-state index contributed by atoms with van der Waals surface area (Å²) in [7, 11) is 0. The molecule has 6 aromatic rings. The summed E-state index contributed by atoms with van der Waals surface area (Å²) in [6.07, 6.45) is 10.5. The Kier molecular flexibility index (Phi) is 6.76. The van der Waals surface area contributed by atoms with E-state index in [9.17, 15) is 0 Å². The molecule has 0 saturated carbocycles. The van der Waals surface area contributed by atoms with E-state index < -0.39 is 0 Å². The summed E-state index contributed by atoms with van der Waals surface area (Å²) < 4.78 is 0. The summed E-state index contributed by atoms with van der Waals surface area (Å²) >= 11 is 0. The number of aromatic nitrogens is 2. The fourth-order valence-corrected chi connectivity index (χ4v) is 6.79. The third-order valence-corrected chi connectivity index (χ3v) is 8.96. The highest BCUT2D eigenvalue weighted by Gasteiger charge is 2.21. The van der Waals surface area contributed by atoms with Crippen molar-refractivity contribution in [2.24, 2.45) is 9.98 Å². The maximum Gasteiger partial charge on any atom is 0.0737 e. The lowest BCUT2D eigenvalue weighted by atomic mass is 9.96. The largest absolute Gasteiger partial charge is 0.663 e. The Bertz CT molecular complexity index is 2330. The molecule has 3 aliphatic heterocycles. The van der Waals surface area contributed by atoms with Gasteiger partial charge in [-0.3, -0.25) is 0 Å². The molecule has 0 unspecified atom stereocenters. The lowest BCUT2D eigenvalue weighted by Gasteiger charge is -2.15. The minimum Gasteiger partial charge on any atom is -0.663 e. The maximum absolute atomic E-state index is 5.34. The number of nitrogens with one attached hydrogen (secondary N) is 1. The van der Waals surface area contributed by atoms with Crippen LogP contribution >= 0.6 is 0 Å². The first-order valence-electron chi connectivity index (χ1n) is 16.1. The van der Waals surface area contributed by atoms with Crippen LogP contribution < -0.4 is 15.7 Å². The van der Waals surface area contributed by atoms with Crippen molar-refractivity contribution in [1.29, 1.82) is 0 Å². The summed E-state index contributed by atoms with van der Waals surface area (Å²) in [5.41, 5.74) is 13.9. The lowest BCUT2D eigenvalue weighted by molar-refractivity contribution is 1.25. The van der Waals surface area contributed by atoms with E-state index in [-0.39, 0.29) is 0 Å². The number of fused-ring (bicyclic) bond motifs is 6. The second-order valence-electron chi connectivity index (χ2n) is 11.9. The van der Waals surface area contributed by atoms with E-state index in [1.165, 1.54) is 0 Å². The van der Waals surface area contributed by atoms with Gasteiger partial charge in [-0.05, 0) is 69.8 Å². The molecule has 8 bridgehead atoms. The van der Waals surface area contributed by atoms with Crippen molar-refractivity contribution in [2.75, 3.05) is 0 Å². The van der Waals surface area contributed by atoms with Crippen LogP contribution in [0, 0.1) is 0 Å². The second-order valence-corrected chi connectivity index (χ2v) is 11.9. The molecule has 4 heteroatoms. The number of aromatic amines is 1. The topological polar surface area (TPSA) is 54.6 Å². The van der Waals surface area contributed by atoms with Crippen LogP contribution in [0.15, 0.2) is 191 Å². The number of allylic oxidation sites excluding steroid dienone is 4. The van der Waals surface area contributed by atoms with E-state index >= 15 is 0 Å². The van der Waals surface area contributed by atoms with Gasteiger partial charge in [0, 0.05) is 27.4 Å². The van der Waals surface area contributed by atoms with Gasteiger partial charge in [0.25, 0.3) is 0 Å². The first kappa shape index (κ1) is 27.8. The van der Waals surface area contributed by atoms with Crippen molar-refractivity contribution in [3.8, 4) is 0 Å². The molecular formula is C44H29N4-. The average molecular weight is 614 g/mol. The quantitative estimate of drug-likeness (QED) is 0.219. The summed E-state index contributed by atoms with van der Waals surface area (Å²) in [6, 6.07) is 48.4. The van der Waals surface area contributed by atoms with Gasteiger partial charge in [0.15, 0.2) is 0 Å². The molecule has 4 aromatic carbocycles. The highest BCUT2D eigenvalue weighted by Crippen LogP contribution is 2.36. The Labute approximate surface area is 278 Å². The van der Waals surface area contributed by atoms with Gasteiger partial charge in [0.1, 0.15) is 0 Å². The number of nitrogens with zero attached hydrogens (tertiary/aromatic N) is 3. The fourth-order valence-electron chi connectivity index (χ4n) is 6.79. The Balaban J connectivity index is 1.42. The minimum absolute atomic E-state index is 0.869. The normalized spacial score (nSPS) is 15.3. The predicted molar refractivity (Wildman–Crippen MR) is 196 cm³/mol. The van der Waals surface area contributed by atoms with Gasteiger partial charge < -0.3 is 9.97 Å². The van der Waals surface area contributed by atoms with Gasteiger partial charge in [-0.2, -0.15) is 6.20 Å². The molecule has 0 radical (unpaired) electrons. The van der Waals surface area contributed by atoms with Crippen LogP contribution in [0.3, 0.4) is 0 Å². The Morgan fingerprint density at radius 2 is 0.812 bits per heavy atom. The van der Waals surface area contributed by atoms with Crippen LogP contribution in [0.4, 0.5) is 0 Å². The Hall–Kier alpha value is -6.52. The molecule has 0 spiro atoms. The lowest BCUT2D eigenvalue weighted by Crippen LogP contribution is -2.21. The molecule has 1 N–H and O–H groups in total. The number of aliphatic imine (C=N–C) groups is 2. The number of hydrogen-bond acceptors (Lipinski definition) is 2. The van der Waals surface area contributed by atoms with Gasteiger partial charge in [0.05, 0.1) is 22.8 Å².